The van der Waals surface area contributed by atoms with Crippen molar-refractivity contribution in [3.05, 3.63) is 0 Å². The van der Waals surface area contributed by atoms with Gasteiger partial charge in [-0.1, -0.05) is 27.7 Å². The van der Waals surface area contributed by atoms with E-state index in [4.69, 9.17) is 0 Å². The zero-order valence-corrected chi connectivity index (χ0v) is 12.1. The Kier molecular flexibility index (Phi) is 5.48. The van der Waals surface area contributed by atoms with E-state index in [1.165, 1.54) is 19.3 Å². The molecule has 0 aromatic heterocycles. The Morgan fingerprint density at radius 3 is 2.06 bits per heavy atom. The summed E-state index contributed by atoms with van der Waals surface area (Å²) in [5.41, 5.74) is -0.0918. The third-order valence-electron chi connectivity index (χ3n) is 4.25. The molecule has 0 aromatic rings. The van der Waals surface area contributed by atoms with Crippen LogP contribution >= 0.6 is 0 Å². The van der Waals surface area contributed by atoms with Crippen molar-refractivity contribution in [2.24, 2.45) is 11.3 Å². The Bertz CT molecular complexity index is 237. The highest BCUT2D eigenvalue weighted by atomic mass is 16.2. The lowest BCUT2D eigenvalue weighted by Crippen LogP contribution is -2.46. The van der Waals surface area contributed by atoms with Crippen molar-refractivity contribution >= 4 is 5.91 Å². The molecule has 0 saturated carbocycles. The van der Waals surface area contributed by atoms with E-state index < -0.39 is 0 Å². The van der Waals surface area contributed by atoms with Crippen LogP contribution in [0.4, 0.5) is 0 Å². The molecule has 0 spiro atoms. The van der Waals surface area contributed by atoms with E-state index in [1.807, 2.05) is 0 Å². The molecule has 0 bridgehead atoms. The van der Waals surface area contributed by atoms with Crippen molar-refractivity contribution in [3.63, 3.8) is 0 Å². The van der Waals surface area contributed by atoms with Crippen LogP contribution in [0.25, 0.3) is 0 Å². The Labute approximate surface area is 107 Å². The van der Waals surface area contributed by atoms with Gasteiger partial charge in [-0.25, -0.2) is 0 Å². The van der Waals surface area contributed by atoms with E-state index in [0.29, 0.717) is 11.8 Å². The standard InChI is InChI=1S/C15H29NO/c1-5-15(6-2,12-13(3)4)14(17)16-10-8-7-9-11-16/h13H,5-12H2,1-4H3. The smallest absolute Gasteiger partial charge is 0.228 e. The van der Waals surface area contributed by atoms with E-state index >= 15 is 0 Å². The van der Waals surface area contributed by atoms with Crippen molar-refractivity contribution in [1.29, 1.82) is 0 Å². The van der Waals surface area contributed by atoms with Crippen LogP contribution in [0.5, 0.6) is 0 Å². The van der Waals surface area contributed by atoms with Crippen LogP contribution < -0.4 is 0 Å². The number of hydrogen-bond acceptors (Lipinski definition) is 1. The maximum atomic E-state index is 12.7. The van der Waals surface area contributed by atoms with Gasteiger partial charge < -0.3 is 4.90 Å². The van der Waals surface area contributed by atoms with Crippen molar-refractivity contribution in [3.8, 4) is 0 Å². The molecule has 0 aliphatic carbocycles. The van der Waals surface area contributed by atoms with Gasteiger partial charge in [-0.2, -0.15) is 0 Å². The molecule has 0 N–H and O–H groups in total. The SMILES string of the molecule is CCC(CC)(CC(C)C)C(=O)N1CCCCC1. The molecule has 2 heteroatoms. The average Bonchev–Trinajstić information content (AvgIpc) is 2.36. The van der Waals surface area contributed by atoms with Crippen LogP contribution in [0, 0.1) is 11.3 Å². The largest absolute Gasteiger partial charge is 0.342 e. The van der Waals surface area contributed by atoms with Crippen LogP contribution in [0.3, 0.4) is 0 Å². The normalized spacial score (nSPS) is 17.6. The molecule has 1 aliphatic heterocycles. The van der Waals surface area contributed by atoms with Gasteiger partial charge in [-0.3, -0.25) is 4.79 Å². The van der Waals surface area contributed by atoms with Crippen molar-refractivity contribution in [1.82, 2.24) is 4.90 Å². The zero-order chi connectivity index (χ0) is 12.9. The molecule has 0 aromatic carbocycles. The summed E-state index contributed by atoms with van der Waals surface area (Å²) in [6.07, 6.45) is 6.68. The fraction of sp³-hybridized carbons (Fsp3) is 0.933. The topological polar surface area (TPSA) is 20.3 Å². The van der Waals surface area contributed by atoms with Gasteiger partial charge in [0.25, 0.3) is 0 Å². The number of nitrogens with zero attached hydrogens (tertiary/aromatic N) is 1. The van der Waals surface area contributed by atoms with Crippen LogP contribution in [0.2, 0.25) is 0 Å². The molecule has 1 saturated heterocycles. The Balaban J connectivity index is 2.77. The molecule has 1 aliphatic rings. The third kappa shape index (κ3) is 3.46. The van der Waals surface area contributed by atoms with E-state index in [2.05, 4.69) is 32.6 Å². The summed E-state index contributed by atoms with van der Waals surface area (Å²) in [6.45, 7) is 10.8. The van der Waals surface area contributed by atoms with E-state index in [-0.39, 0.29) is 5.41 Å². The lowest BCUT2D eigenvalue weighted by atomic mass is 9.74. The maximum Gasteiger partial charge on any atom is 0.228 e. The Morgan fingerprint density at radius 2 is 1.65 bits per heavy atom. The minimum absolute atomic E-state index is 0.0918. The van der Waals surface area contributed by atoms with Crippen LogP contribution in [-0.4, -0.2) is 23.9 Å². The summed E-state index contributed by atoms with van der Waals surface area (Å²) in [4.78, 5) is 14.9. The first-order chi connectivity index (χ1) is 8.05. The first kappa shape index (κ1) is 14.5. The predicted molar refractivity (Wildman–Crippen MR) is 72.9 cm³/mol. The summed E-state index contributed by atoms with van der Waals surface area (Å²) in [5, 5.41) is 0. The zero-order valence-electron chi connectivity index (χ0n) is 12.1. The van der Waals surface area contributed by atoms with Crippen LogP contribution in [-0.2, 0) is 4.79 Å². The van der Waals surface area contributed by atoms with Gasteiger partial charge in [-0.05, 0) is 44.4 Å². The summed E-state index contributed by atoms with van der Waals surface area (Å²) >= 11 is 0. The summed E-state index contributed by atoms with van der Waals surface area (Å²) in [7, 11) is 0. The number of hydrogen-bond donors (Lipinski definition) is 0. The van der Waals surface area contributed by atoms with Crippen LogP contribution in [0.1, 0.15) is 66.2 Å². The lowest BCUT2D eigenvalue weighted by Gasteiger charge is -2.39. The highest BCUT2D eigenvalue weighted by Gasteiger charge is 2.38. The number of piperidine rings is 1. The van der Waals surface area contributed by atoms with E-state index in [9.17, 15) is 4.79 Å². The Hall–Kier alpha value is -0.530. The fourth-order valence-electron chi connectivity index (χ4n) is 3.14. The van der Waals surface area contributed by atoms with E-state index in [0.717, 1.165) is 32.4 Å². The molecule has 1 fully saturated rings. The first-order valence-electron chi connectivity index (χ1n) is 7.35. The maximum absolute atomic E-state index is 12.7. The second-order valence-corrected chi connectivity index (χ2v) is 5.94. The first-order valence-corrected chi connectivity index (χ1v) is 7.35. The predicted octanol–water partition coefficient (Wildman–Crippen LogP) is 3.85. The molecular weight excluding hydrogens is 210 g/mol. The van der Waals surface area contributed by atoms with Gasteiger partial charge in [0, 0.05) is 18.5 Å². The summed E-state index contributed by atoms with van der Waals surface area (Å²) in [6, 6.07) is 0. The number of carbonyl (C=O) groups excluding carboxylic acids is 1. The molecule has 0 atom stereocenters. The number of likely N-dealkylation sites (tertiary alicyclic amines) is 1. The molecular formula is C15H29NO. The quantitative estimate of drug-likeness (QED) is 0.713. The minimum Gasteiger partial charge on any atom is -0.342 e. The van der Waals surface area contributed by atoms with Crippen LogP contribution in [0.15, 0.2) is 0 Å². The molecule has 0 radical (unpaired) electrons. The fourth-order valence-corrected chi connectivity index (χ4v) is 3.14. The second-order valence-electron chi connectivity index (χ2n) is 5.94. The van der Waals surface area contributed by atoms with Gasteiger partial charge in [-0.15, -0.1) is 0 Å². The van der Waals surface area contributed by atoms with E-state index in [1.54, 1.807) is 0 Å². The molecule has 17 heavy (non-hydrogen) atoms. The molecule has 1 heterocycles. The average molecular weight is 239 g/mol. The summed E-state index contributed by atoms with van der Waals surface area (Å²) in [5.74, 6) is 1.03. The molecule has 2 nitrogen and oxygen atoms in total. The minimum atomic E-state index is -0.0918. The summed E-state index contributed by atoms with van der Waals surface area (Å²) < 4.78 is 0. The van der Waals surface area contributed by atoms with Gasteiger partial charge >= 0.3 is 0 Å². The van der Waals surface area contributed by atoms with Crippen molar-refractivity contribution < 1.29 is 4.79 Å². The number of rotatable bonds is 5. The second kappa shape index (κ2) is 6.42. The van der Waals surface area contributed by atoms with Gasteiger partial charge in [0.1, 0.15) is 0 Å². The van der Waals surface area contributed by atoms with Gasteiger partial charge in [0.15, 0.2) is 0 Å². The molecule has 1 amide bonds. The van der Waals surface area contributed by atoms with Gasteiger partial charge in [0.05, 0.1) is 0 Å². The lowest BCUT2D eigenvalue weighted by molar-refractivity contribution is -0.144. The van der Waals surface area contributed by atoms with Crippen molar-refractivity contribution in [2.75, 3.05) is 13.1 Å². The molecule has 1 rings (SSSR count). The Morgan fingerprint density at radius 1 is 1.12 bits per heavy atom. The number of amides is 1. The monoisotopic (exact) mass is 239 g/mol. The highest BCUT2D eigenvalue weighted by Crippen LogP contribution is 2.36. The molecule has 0 unspecified atom stereocenters. The third-order valence-corrected chi connectivity index (χ3v) is 4.25. The van der Waals surface area contributed by atoms with Gasteiger partial charge in [0.2, 0.25) is 5.91 Å². The number of carbonyl (C=O) groups is 1. The molecule has 100 valence electrons. The highest BCUT2D eigenvalue weighted by molar-refractivity contribution is 5.82. The van der Waals surface area contributed by atoms with Crippen molar-refractivity contribution in [2.45, 2.75) is 66.2 Å².